The largest absolute Gasteiger partial charge is 0.307 e. The van der Waals surface area contributed by atoms with Crippen LogP contribution in [-0.2, 0) is 6.54 Å². The number of rotatable bonds is 5. The van der Waals surface area contributed by atoms with Crippen molar-refractivity contribution >= 4 is 5.69 Å². The molecule has 1 N–H and O–H groups in total. The Bertz CT molecular complexity index is 654. The van der Waals surface area contributed by atoms with Gasteiger partial charge in [0.15, 0.2) is 5.82 Å². The molecule has 1 aliphatic carbocycles. The smallest absolute Gasteiger partial charge is 0.306 e. The Morgan fingerprint density at radius 2 is 2.30 bits per heavy atom. The van der Waals surface area contributed by atoms with E-state index < -0.39 is 16.4 Å². The second-order valence-corrected chi connectivity index (χ2v) is 4.55. The summed E-state index contributed by atoms with van der Waals surface area (Å²) in [5, 5.41) is 25.2. The first kappa shape index (κ1) is 12.6. The minimum Gasteiger partial charge on any atom is -0.307 e. The molecule has 1 saturated carbocycles. The van der Waals surface area contributed by atoms with E-state index in [0.29, 0.717) is 24.1 Å². The summed E-state index contributed by atoms with van der Waals surface area (Å²) in [7, 11) is 0. The lowest BCUT2D eigenvalue weighted by molar-refractivity contribution is -0.387. The van der Waals surface area contributed by atoms with Gasteiger partial charge in [-0.05, 0) is 35.4 Å². The van der Waals surface area contributed by atoms with Crippen LogP contribution in [0.1, 0.15) is 18.7 Å². The van der Waals surface area contributed by atoms with Gasteiger partial charge in [0, 0.05) is 12.1 Å². The molecule has 2 aromatic rings. The Labute approximate surface area is 112 Å². The average molecular weight is 278 g/mol. The summed E-state index contributed by atoms with van der Waals surface area (Å²) in [5.74, 6) is -0.359. The van der Waals surface area contributed by atoms with Crippen LogP contribution in [0.2, 0.25) is 0 Å². The predicted octanol–water partition coefficient (Wildman–Crippen LogP) is 0.962. The molecular formula is C11H11FN6O2. The van der Waals surface area contributed by atoms with Crippen molar-refractivity contribution in [2.75, 3.05) is 0 Å². The lowest BCUT2D eigenvalue weighted by atomic mass is 10.2. The zero-order chi connectivity index (χ0) is 14.1. The van der Waals surface area contributed by atoms with Gasteiger partial charge in [0.05, 0.1) is 17.2 Å². The zero-order valence-corrected chi connectivity index (χ0v) is 10.4. The van der Waals surface area contributed by atoms with Crippen molar-refractivity contribution in [2.45, 2.75) is 25.4 Å². The number of nitrogens with one attached hydrogen (secondary N) is 1. The Morgan fingerprint density at radius 3 is 3.00 bits per heavy atom. The van der Waals surface area contributed by atoms with Crippen molar-refractivity contribution in [3.05, 3.63) is 40.0 Å². The summed E-state index contributed by atoms with van der Waals surface area (Å²) in [4.78, 5) is 9.97. The molecule has 0 radical (unpaired) electrons. The fourth-order valence-corrected chi connectivity index (χ4v) is 1.81. The van der Waals surface area contributed by atoms with Crippen LogP contribution in [-0.4, -0.2) is 31.2 Å². The SMILES string of the molecule is O=[N+]([O-])c1cc(-n2nnnc2CNC2CC2)ccc1F. The van der Waals surface area contributed by atoms with E-state index in [1.165, 1.54) is 10.7 Å². The van der Waals surface area contributed by atoms with Gasteiger partial charge < -0.3 is 5.32 Å². The molecule has 9 heteroatoms. The van der Waals surface area contributed by atoms with E-state index in [9.17, 15) is 14.5 Å². The van der Waals surface area contributed by atoms with E-state index in [1.54, 1.807) is 0 Å². The maximum absolute atomic E-state index is 13.3. The molecule has 0 saturated heterocycles. The van der Waals surface area contributed by atoms with Crippen molar-refractivity contribution < 1.29 is 9.31 Å². The maximum Gasteiger partial charge on any atom is 0.306 e. The fraction of sp³-hybridized carbons (Fsp3) is 0.364. The highest BCUT2D eigenvalue weighted by molar-refractivity contribution is 5.44. The number of nitro groups is 1. The molecule has 8 nitrogen and oxygen atoms in total. The lowest BCUT2D eigenvalue weighted by Gasteiger charge is -2.05. The average Bonchev–Trinajstić information content (AvgIpc) is 3.14. The van der Waals surface area contributed by atoms with Gasteiger partial charge in [0.2, 0.25) is 5.82 Å². The van der Waals surface area contributed by atoms with E-state index in [0.717, 1.165) is 25.0 Å². The molecule has 0 amide bonds. The van der Waals surface area contributed by atoms with Gasteiger partial charge >= 0.3 is 5.69 Å². The third-order valence-electron chi connectivity index (χ3n) is 3.03. The van der Waals surface area contributed by atoms with Gasteiger partial charge in [-0.2, -0.15) is 9.07 Å². The van der Waals surface area contributed by atoms with Gasteiger partial charge in [0.1, 0.15) is 0 Å². The van der Waals surface area contributed by atoms with Gasteiger partial charge in [-0.15, -0.1) is 5.10 Å². The van der Waals surface area contributed by atoms with Gasteiger partial charge in [-0.25, -0.2) is 0 Å². The summed E-state index contributed by atoms with van der Waals surface area (Å²) in [6.07, 6.45) is 2.26. The van der Waals surface area contributed by atoms with Gasteiger partial charge in [-0.1, -0.05) is 0 Å². The minimum absolute atomic E-state index is 0.357. The van der Waals surface area contributed by atoms with Crippen LogP contribution in [0.25, 0.3) is 5.69 Å². The number of nitrogens with zero attached hydrogens (tertiary/aromatic N) is 5. The molecule has 104 valence electrons. The third-order valence-corrected chi connectivity index (χ3v) is 3.03. The molecule has 0 bridgehead atoms. The highest BCUT2D eigenvalue weighted by Gasteiger charge is 2.22. The normalized spacial score (nSPS) is 14.4. The van der Waals surface area contributed by atoms with Crippen molar-refractivity contribution in [1.29, 1.82) is 0 Å². The molecule has 1 heterocycles. The quantitative estimate of drug-likeness (QED) is 0.646. The standard InChI is InChI=1S/C11H11FN6O2/c12-9-4-3-8(5-10(9)18(19)20)17-11(14-15-16-17)6-13-7-1-2-7/h3-5,7,13H,1-2,6H2. The molecule has 20 heavy (non-hydrogen) atoms. The Hall–Kier alpha value is -2.42. The van der Waals surface area contributed by atoms with Crippen LogP contribution in [0, 0.1) is 15.9 Å². The number of hydrogen-bond acceptors (Lipinski definition) is 6. The fourth-order valence-electron chi connectivity index (χ4n) is 1.81. The number of benzene rings is 1. The van der Waals surface area contributed by atoms with Crippen molar-refractivity contribution in [3.63, 3.8) is 0 Å². The lowest BCUT2D eigenvalue weighted by Crippen LogP contribution is -2.19. The number of aromatic nitrogens is 4. The van der Waals surface area contributed by atoms with Crippen molar-refractivity contribution in [2.24, 2.45) is 0 Å². The highest BCUT2D eigenvalue weighted by Crippen LogP contribution is 2.22. The first-order valence-corrected chi connectivity index (χ1v) is 6.10. The van der Waals surface area contributed by atoms with Crippen LogP contribution in [0.5, 0.6) is 0 Å². The molecule has 0 spiro atoms. The highest BCUT2D eigenvalue weighted by atomic mass is 19.1. The molecular weight excluding hydrogens is 267 g/mol. The molecule has 1 fully saturated rings. The molecule has 1 aromatic heterocycles. The van der Waals surface area contributed by atoms with Crippen molar-refractivity contribution in [1.82, 2.24) is 25.5 Å². The van der Waals surface area contributed by atoms with Gasteiger partial charge in [0.25, 0.3) is 0 Å². The summed E-state index contributed by atoms with van der Waals surface area (Å²) in [6.45, 7) is 0.461. The predicted molar refractivity (Wildman–Crippen MR) is 65.6 cm³/mol. The minimum atomic E-state index is -0.885. The summed E-state index contributed by atoms with van der Waals surface area (Å²) >= 11 is 0. The second-order valence-electron chi connectivity index (χ2n) is 4.55. The summed E-state index contributed by atoms with van der Waals surface area (Å²) in [5.41, 5.74) is -0.241. The number of hydrogen-bond donors (Lipinski definition) is 1. The second kappa shape index (κ2) is 4.93. The van der Waals surface area contributed by atoms with Crippen LogP contribution in [0.15, 0.2) is 18.2 Å². The Kier molecular flexibility index (Phi) is 3.11. The molecule has 1 aromatic carbocycles. The van der Waals surface area contributed by atoms with Gasteiger partial charge in [-0.3, -0.25) is 10.1 Å². The first-order chi connectivity index (χ1) is 9.65. The molecule has 1 aliphatic rings. The third kappa shape index (κ3) is 2.48. The van der Waals surface area contributed by atoms with Crippen LogP contribution >= 0.6 is 0 Å². The van der Waals surface area contributed by atoms with Crippen molar-refractivity contribution in [3.8, 4) is 5.69 Å². The Morgan fingerprint density at radius 1 is 1.50 bits per heavy atom. The van der Waals surface area contributed by atoms with E-state index in [2.05, 4.69) is 20.8 Å². The summed E-state index contributed by atoms with van der Waals surface area (Å²) in [6, 6.07) is 4.04. The van der Waals surface area contributed by atoms with Crippen LogP contribution in [0.3, 0.4) is 0 Å². The monoisotopic (exact) mass is 278 g/mol. The topological polar surface area (TPSA) is 98.8 Å². The van der Waals surface area contributed by atoms with E-state index in [4.69, 9.17) is 0 Å². The van der Waals surface area contributed by atoms with E-state index in [1.807, 2.05) is 0 Å². The zero-order valence-electron chi connectivity index (χ0n) is 10.4. The molecule has 0 aliphatic heterocycles. The molecule has 0 atom stereocenters. The Balaban J connectivity index is 1.90. The molecule has 0 unspecified atom stereocenters. The van der Waals surface area contributed by atoms with Crippen LogP contribution < -0.4 is 5.32 Å². The summed E-state index contributed by atoms with van der Waals surface area (Å²) < 4.78 is 14.7. The molecule has 3 rings (SSSR count). The van der Waals surface area contributed by atoms with E-state index >= 15 is 0 Å². The van der Waals surface area contributed by atoms with Crippen LogP contribution in [0.4, 0.5) is 10.1 Å². The number of halogens is 1. The number of tetrazole rings is 1. The first-order valence-electron chi connectivity index (χ1n) is 6.10. The van der Waals surface area contributed by atoms with E-state index in [-0.39, 0.29) is 0 Å². The maximum atomic E-state index is 13.3. The number of nitro benzene ring substituents is 1.